The molecule has 0 heterocycles. The third-order valence-corrected chi connectivity index (χ3v) is 5.66. The van der Waals surface area contributed by atoms with E-state index in [-0.39, 0.29) is 5.56 Å². The van der Waals surface area contributed by atoms with E-state index >= 15 is 0 Å². The quantitative estimate of drug-likeness (QED) is 0.329. The molecule has 1 unspecified atom stereocenters. The fourth-order valence-corrected chi connectivity index (χ4v) is 3.65. The first-order valence-electron chi connectivity index (χ1n) is 9.51. The lowest BCUT2D eigenvalue weighted by Gasteiger charge is -2.18. The summed E-state index contributed by atoms with van der Waals surface area (Å²) in [4.78, 5) is 12.3. The van der Waals surface area contributed by atoms with Gasteiger partial charge in [0.1, 0.15) is 5.54 Å². The Hall–Kier alpha value is -2.77. The van der Waals surface area contributed by atoms with Crippen molar-refractivity contribution < 1.29 is 35.5 Å². The number of nitriles is 1. The summed E-state index contributed by atoms with van der Waals surface area (Å²) >= 11 is 11.2. The molecule has 2 aromatic carbocycles. The molecule has 2 aromatic rings. The van der Waals surface area contributed by atoms with Crippen LogP contribution < -0.4 is 5.32 Å². The van der Waals surface area contributed by atoms with Crippen LogP contribution in [-0.4, -0.2) is 17.6 Å². The maximum Gasteiger partial charge on any atom is 0.417 e. The van der Waals surface area contributed by atoms with Crippen LogP contribution in [0.4, 0.5) is 30.7 Å². The van der Waals surface area contributed by atoms with E-state index in [1.807, 2.05) is 6.07 Å². The van der Waals surface area contributed by atoms with Gasteiger partial charge in [0.15, 0.2) is 5.82 Å². The molecule has 1 aliphatic rings. The minimum atomic E-state index is -5.00. The van der Waals surface area contributed by atoms with E-state index in [1.54, 1.807) is 0 Å². The number of rotatable bonds is 5. The number of carbonyl (C=O) groups is 1. The van der Waals surface area contributed by atoms with Gasteiger partial charge < -0.3 is 5.32 Å². The van der Waals surface area contributed by atoms with Gasteiger partial charge >= 0.3 is 12.4 Å². The summed E-state index contributed by atoms with van der Waals surface area (Å²) in [5, 5.41) is 9.99. The van der Waals surface area contributed by atoms with E-state index in [0.29, 0.717) is 25.0 Å². The molecule has 0 aromatic heterocycles. The van der Waals surface area contributed by atoms with Crippen LogP contribution in [0.3, 0.4) is 0 Å². The Morgan fingerprint density at radius 3 is 2.15 bits per heavy atom. The van der Waals surface area contributed by atoms with Gasteiger partial charge in [0, 0.05) is 0 Å². The zero-order valence-electron chi connectivity index (χ0n) is 16.8. The maximum absolute atomic E-state index is 13.6. The lowest BCUT2D eigenvalue weighted by molar-refractivity contribution is -0.139. The van der Waals surface area contributed by atoms with Crippen molar-refractivity contribution >= 4 is 35.2 Å². The largest absolute Gasteiger partial charge is 0.417 e. The number of amides is 1. The van der Waals surface area contributed by atoms with E-state index in [4.69, 9.17) is 28.5 Å². The predicted octanol–water partition coefficient (Wildman–Crippen LogP) is 7.30. The second kappa shape index (κ2) is 9.12. The topological polar surface area (TPSA) is 52.9 Å². The zero-order chi connectivity index (χ0) is 25.5. The molecule has 0 saturated heterocycles. The first-order chi connectivity index (χ1) is 15.7. The molecule has 180 valence electrons. The Bertz CT molecular complexity index is 1170. The molecular weight excluding hydrogens is 512 g/mol. The van der Waals surface area contributed by atoms with Crippen molar-refractivity contribution in [3.05, 3.63) is 74.5 Å². The van der Waals surface area contributed by atoms with Crippen molar-refractivity contribution in [2.24, 2.45) is 0 Å². The maximum atomic E-state index is 13.6. The van der Waals surface area contributed by atoms with Gasteiger partial charge in [-0.25, -0.2) is 4.39 Å². The number of alkyl halides is 6. The summed E-state index contributed by atoms with van der Waals surface area (Å²) in [6.07, 6.45) is -7.94. The van der Waals surface area contributed by atoms with Crippen LogP contribution in [0.15, 0.2) is 36.4 Å². The van der Waals surface area contributed by atoms with Crippen molar-refractivity contribution in [1.29, 1.82) is 5.26 Å². The number of halogens is 9. The van der Waals surface area contributed by atoms with Gasteiger partial charge in [-0.15, -0.1) is 0 Å². The molecule has 3 rings (SSSR count). The number of allylic oxidation sites excluding steroid dienone is 1. The van der Waals surface area contributed by atoms with Crippen molar-refractivity contribution in [3.63, 3.8) is 0 Å². The van der Waals surface area contributed by atoms with Crippen molar-refractivity contribution in [3.8, 4) is 6.07 Å². The first-order valence-corrected chi connectivity index (χ1v) is 10.3. The van der Waals surface area contributed by atoms with Crippen LogP contribution in [0.5, 0.6) is 0 Å². The number of nitrogens with one attached hydrogen (secondary N) is 1. The molecule has 0 aliphatic heterocycles. The van der Waals surface area contributed by atoms with E-state index < -0.39 is 62.3 Å². The van der Waals surface area contributed by atoms with Crippen LogP contribution in [0, 0.1) is 17.1 Å². The highest BCUT2D eigenvalue weighted by molar-refractivity contribution is 6.35. The van der Waals surface area contributed by atoms with Crippen LogP contribution in [0.1, 0.15) is 45.8 Å². The van der Waals surface area contributed by atoms with Gasteiger partial charge in [-0.05, 0) is 48.2 Å². The average molecular weight is 525 g/mol. The van der Waals surface area contributed by atoms with Gasteiger partial charge in [0.05, 0.1) is 33.2 Å². The number of hydrogen-bond acceptors (Lipinski definition) is 2. The van der Waals surface area contributed by atoms with Gasteiger partial charge in [0.25, 0.3) is 5.91 Å². The molecule has 34 heavy (non-hydrogen) atoms. The second-order valence-corrected chi connectivity index (χ2v) is 8.44. The normalized spacial score (nSPS) is 16.2. The Balaban J connectivity index is 1.98. The molecule has 1 atom stereocenters. The van der Waals surface area contributed by atoms with Crippen molar-refractivity contribution in [1.82, 2.24) is 5.32 Å². The molecule has 0 radical (unpaired) electrons. The number of hydrogen-bond donors (Lipinski definition) is 1. The molecule has 0 bridgehead atoms. The second-order valence-electron chi connectivity index (χ2n) is 7.63. The molecule has 1 aliphatic carbocycles. The standard InChI is InChI=1S/C22H13Cl2F7N2O/c23-16-8-12(9-17(24)18(16)25)14(21(26,27)28)4-2-11-1-3-13(15(7-11)22(29,30)31)19(34)33-20(10-32)5-6-20/h1-4,7-9,14H,5-6H2,(H,33,34)/b4-2+. The summed E-state index contributed by atoms with van der Waals surface area (Å²) in [7, 11) is 0. The molecule has 3 nitrogen and oxygen atoms in total. The first kappa shape index (κ1) is 25.8. The summed E-state index contributed by atoms with van der Waals surface area (Å²) in [5.74, 6) is -4.58. The Morgan fingerprint density at radius 2 is 1.68 bits per heavy atom. The highest BCUT2D eigenvalue weighted by Crippen LogP contribution is 2.40. The minimum absolute atomic E-state index is 0.279. The third-order valence-electron chi connectivity index (χ3n) is 5.11. The van der Waals surface area contributed by atoms with Crippen LogP contribution in [0.2, 0.25) is 10.0 Å². The molecular formula is C22H13Cl2F7N2O. The van der Waals surface area contributed by atoms with Gasteiger partial charge in [-0.2, -0.15) is 31.6 Å². The molecule has 12 heteroatoms. The monoisotopic (exact) mass is 524 g/mol. The number of benzene rings is 2. The van der Waals surface area contributed by atoms with E-state index in [0.717, 1.165) is 30.3 Å². The fraction of sp³-hybridized carbons (Fsp3) is 0.273. The number of nitrogens with zero attached hydrogens (tertiary/aromatic N) is 1. The Labute approximate surface area is 198 Å². The average Bonchev–Trinajstić information content (AvgIpc) is 3.50. The summed E-state index contributed by atoms with van der Waals surface area (Å²) in [6, 6.07) is 5.65. The lowest BCUT2D eigenvalue weighted by Crippen LogP contribution is -2.36. The summed E-state index contributed by atoms with van der Waals surface area (Å²) in [5.41, 5.74) is -4.15. The number of carbonyl (C=O) groups excluding carboxylic acids is 1. The van der Waals surface area contributed by atoms with Gasteiger partial charge in [-0.1, -0.05) is 41.4 Å². The lowest BCUT2D eigenvalue weighted by atomic mass is 9.96. The van der Waals surface area contributed by atoms with Gasteiger partial charge in [0.2, 0.25) is 0 Å². The van der Waals surface area contributed by atoms with Crippen molar-refractivity contribution in [2.75, 3.05) is 0 Å². The zero-order valence-corrected chi connectivity index (χ0v) is 18.3. The van der Waals surface area contributed by atoms with Crippen LogP contribution in [-0.2, 0) is 6.18 Å². The smallest absolute Gasteiger partial charge is 0.334 e. The van der Waals surface area contributed by atoms with Crippen molar-refractivity contribution in [2.45, 2.75) is 36.7 Å². The van der Waals surface area contributed by atoms with Crippen LogP contribution in [0.25, 0.3) is 6.08 Å². The summed E-state index contributed by atoms with van der Waals surface area (Å²) in [6.45, 7) is 0. The SMILES string of the molecule is N#CC1(NC(=O)c2ccc(/C=C/C(c3cc(Cl)c(F)c(Cl)c3)C(F)(F)F)cc2C(F)(F)F)CC1. The van der Waals surface area contributed by atoms with E-state index in [2.05, 4.69) is 5.32 Å². The fourth-order valence-electron chi connectivity index (χ4n) is 3.14. The molecule has 1 saturated carbocycles. The summed E-state index contributed by atoms with van der Waals surface area (Å²) < 4.78 is 95.2. The molecule has 0 spiro atoms. The Kier molecular flexibility index (Phi) is 6.93. The van der Waals surface area contributed by atoms with Gasteiger partial charge in [-0.3, -0.25) is 4.79 Å². The van der Waals surface area contributed by atoms with E-state index in [9.17, 15) is 35.5 Å². The highest BCUT2D eigenvalue weighted by Gasteiger charge is 2.46. The molecule has 1 fully saturated rings. The Morgan fingerprint density at radius 1 is 1.09 bits per heavy atom. The molecule has 1 N–H and O–H groups in total. The third kappa shape index (κ3) is 5.65. The van der Waals surface area contributed by atoms with E-state index in [1.165, 1.54) is 0 Å². The molecule has 1 amide bonds. The van der Waals surface area contributed by atoms with Crippen LogP contribution >= 0.6 is 23.2 Å². The highest BCUT2D eigenvalue weighted by atomic mass is 35.5. The minimum Gasteiger partial charge on any atom is -0.334 e. The predicted molar refractivity (Wildman–Crippen MR) is 111 cm³/mol.